The molecule has 0 aromatic carbocycles. The van der Waals surface area contributed by atoms with Crippen molar-refractivity contribution >= 4 is 11.8 Å². The van der Waals surface area contributed by atoms with Crippen LogP contribution in [0.5, 0.6) is 0 Å². The monoisotopic (exact) mass is 417 g/mol. The van der Waals surface area contributed by atoms with Gasteiger partial charge in [-0.25, -0.2) is 0 Å². The Kier molecular flexibility index (Phi) is 5.57. The summed E-state index contributed by atoms with van der Waals surface area (Å²) >= 11 is 0. The molecule has 168 valence electrons. The highest BCUT2D eigenvalue weighted by atomic mass is 16.2. The van der Waals surface area contributed by atoms with Gasteiger partial charge >= 0.3 is 0 Å². The molecule has 4 heterocycles. The lowest BCUT2D eigenvalue weighted by Crippen LogP contribution is -2.56. The van der Waals surface area contributed by atoms with Gasteiger partial charge in [-0.3, -0.25) is 14.5 Å². The molecule has 1 saturated carbocycles. The lowest BCUT2D eigenvalue weighted by molar-refractivity contribution is -0.135. The number of carbonyl (C=O) groups is 2. The third-order valence-corrected chi connectivity index (χ3v) is 8.65. The number of hydrogen-bond acceptors (Lipinski definition) is 5. The minimum Gasteiger partial charge on any atom is -0.348 e. The van der Waals surface area contributed by atoms with E-state index in [0.29, 0.717) is 25.0 Å². The number of likely N-dealkylation sites (tertiary alicyclic amines) is 2. The van der Waals surface area contributed by atoms with Crippen LogP contribution in [0.3, 0.4) is 0 Å². The van der Waals surface area contributed by atoms with Crippen molar-refractivity contribution in [2.75, 3.05) is 53.4 Å². The summed E-state index contributed by atoms with van der Waals surface area (Å²) in [5.74, 6) is 1.18. The van der Waals surface area contributed by atoms with Crippen LogP contribution in [0, 0.1) is 5.92 Å². The molecular weight excluding hydrogens is 378 g/mol. The molecule has 4 saturated heterocycles. The molecule has 5 rings (SSSR count). The van der Waals surface area contributed by atoms with Crippen LogP contribution >= 0.6 is 0 Å². The van der Waals surface area contributed by atoms with Gasteiger partial charge in [0.1, 0.15) is 6.04 Å². The molecule has 1 spiro atoms. The average Bonchev–Trinajstić information content (AvgIpc) is 3.44. The van der Waals surface area contributed by atoms with Gasteiger partial charge in [-0.05, 0) is 78.0 Å². The van der Waals surface area contributed by atoms with Gasteiger partial charge in [0.15, 0.2) is 0 Å². The summed E-state index contributed by atoms with van der Waals surface area (Å²) in [6.45, 7) is 6.21. The van der Waals surface area contributed by atoms with E-state index < -0.39 is 0 Å². The van der Waals surface area contributed by atoms with Gasteiger partial charge in [0, 0.05) is 38.3 Å². The van der Waals surface area contributed by atoms with Crippen molar-refractivity contribution in [3.63, 3.8) is 0 Å². The molecule has 5 fully saturated rings. The summed E-state index contributed by atoms with van der Waals surface area (Å²) in [5, 5.41) is 3.38. The number of fused-ring (bicyclic) bond motifs is 1. The third-order valence-electron chi connectivity index (χ3n) is 8.65. The van der Waals surface area contributed by atoms with Gasteiger partial charge in [-0.15, -0.1) is 0 Å². The molecular formula is C23H39N5O2. The quantitative estimate of drug-likeness (QED) is 0.731. The maximum Gasteiger partial charge on any atom is 0.243 e. The number of nitrogens with zero attached hydrogens (tertiary/aromatic N) is 4. The Bertz CT molecular complexity index is 637. The van der Waals surface area contributed by atoms with Crippen molar-refractivity contribution in [2.24, 2.45) is 5.92 Å². The molecule has 2 atom stereocenters. The van der Waals surface area contributed by atoms with E-state index in [-0.39, 0.29) is 23.4 Å². The van der Waals surface area contributed by atoms with E-state index in [1.165, 1.54) is 32.2 Å². The Hall–Kier alpha value is -1.18. The highest BCUT2D eigenvalue weighted by Crippen LogP contribution is 2.36. The topological polar surface area (TPSA) is 59.1 Å². The largest absolute Gasteiger partial charge is 0.348 e. The minimum absolute atomic E-state index is 0.0933. The normalized spacial score (nSPS) is 33.8. The van der Waals surface area contributed by atoms with Crippen molar-refractivity contribution in [1.29, 1.82) is 0 Å². The SMILES string of the molecule is CN1CCC(N(C)[C@H]2C[C@H]3C(=O)NC4(CCN(CC5CC5)CC4)CC(=O)N3C2)CC1. The van der Waals surface area contributed by atoms with Crippen molar-refractivity contribution in [1.82, 2.24) is 24.9 Å². The second-order valence-electron chi connectivity index (χ2n) is 10.8. The summed E-state index contributed by atoms with van der Waals surface area (Å²) in [6.07, 6.45) is 8.19. The zero-order valence-corrected chi connectivity index (χ0v) is 18.8. The second kappa shape index (κ2) is 8.06. The van der Waals surface area contributed by atoms with Crippen LogP contribution in [-0.4, -0.2) is 108 Å². The van der Waals surface area contributed by atoms with Gasteiger partial charge in [0.25, 0.3) is 0 Å². The maximum absolute atomic E-state index is 13.3. The molecule has 7 heteroatoms. The van der Waals surface area contributed by atoms with Crippen LogP contribution in [0.2, 0.25) is 0 Å². The van der Waals surface area contributed by atoms with Gasteiger partial charge < -0.3 is 20.0 Å². The zero-order valence-electron chi connectivity index (χ0n) is 18.8. The predicted molar refractivity (Wildman–Crippen MR) is 116 cm³/mol. The Morgan fingerprint density at radius 1 is 1.03 bits per heavy atom. The molecule has 0 bridgehead atoms. The summed E-state index contributed by atoms with van der Waals surface area (Å²) in [5.41, 5.74) is -0.312. The number of piperidine rings is 2. The van der Waals surface area contributed by atoms with Crippen LogP contribution in [0.4, 0.5) is 0 Å². The van der Waals surface area contributed by atoms with Gasteiger partial charge in [0.2, 0.25) is 11.8 Å². The van der Waals surface area contributed by atoms with Gasteiger partial charge in [0.05, 0.1) is 12.0 Å². The van der Waals surface area contributed by atoms with E-state index in [1.54, 1.807) is 0 Å². The van der Waals surface area contributed by atoms with Gasteiger partial charge in [-0.2, -0.15) is 0 Å². The van der Waals surface area contributed by atoms with Crippen LogP contribution in [0.1, 0.15) is 51.4 Å². The molecule has 2 amide bonds. The van der Waals surface area contributed by atoms with Crippen molar-refractivity contribution in [3.05, 3.63) is 0 Å². The zero-order chi connectivity index (χ0) is 20.9. The predicted octanol–water partition coefficient (Wildman–Crippen LogP) is 0.746. The fourth-order valence-electron chi connectivity index (χ4n) is 6.24. The van der Waals surface area contributed by atoms with Crippen LogP contribution in [0.25, 0.3) is 0 Å². The van der Waals surface area contributed by atoms with E-state index in [9.17, 15) is 9.59 Å². The molecule has 0 unspecified atom stereocenters. The average molecular weight is 418 g/mol. The van der Waals surface area contributed by atoms with Gasteiger partial charge in [-0.1, -0.05) is 0 Å². The van der Waals surface area contributed by atoms with E-state index in [4.69, 9.17) is 0 Å². The number of amides is 2. The maximum atomic E-state index is 13.3. The van der Waals surface area contributed by atoms with Crippen molar-refractivity contribution in [3.8, 4) is 0 Å². The molecule has 30 heavy (non-hydrogen) atoms. The number of nitrogens with one attached hydrogen (secondary N) is 1. The number of likely N-dealkylation sites (N-methyl/N-ethyl adjacent to an activating group) is 1. The number of carbonyl (C=O) groups excluding carboxylic acids is 2. The standard InChI is InChI=1S/C23H39N5O2/c1-25-9-5-18(6-10-25)26(2)19-13-20-22(30)24-23(14-21(29)28(20)16-19)7-11-27(12-8-23)15-17-3-4-17/h17-20H,3-16H2,1-2H3,(H,24,30)/t19-,20-/m0/s1. The lowest BCUT2D eigenvalue weighted by Gasteiger charge is -2.41. The first kappa shape index (κ1) is 20.7. The summed E-state index contributed by atoms with van der Waals surface area (Å²) in [6, 6.07) is 0.586. The smallest absolute Gasteiger partial charge is 0.243 e. The van der Waals surface area contributed by atoms with E-state index in [1.807, 2.05) is 4.90 Å². The summed E-state index contributed by atoms with van der Waals surface area (Å²) in [7, 11) is 4.39. The van der Waals surface area contributed by atoms with E-state index in [0.717, 1.165) is 51.4 Å². The lowest BCUT2D eigenvalue weighted by atomic mass is 9.84. The first-order valence-corrected chi connectivity index (χ1v) is 12.2. The minimum atomic E-state index is -0.312. The molecule has 4 aliphatic heterocycles. The van der Waals surface area contributed by atoms with E-state index >= 15 is 0 Å². The molecule has 0 radical (unpaired) electrons. The third kappa shape index (κ3) is 4.13. The first-order valence-electron chi connectivity index (χ1n) is 12.2. The van der Waals surface area contributed by atoms with Crippen molar-refractivity contribution < 1.29 is 9.59 Å². The number of hydrogen-bond donors (Lipinski definition) is 1. The van der Waals surface area contributed by atoms with Crippen LogP contribution in [-0.2, 0) is 9.59 Å². The highest BCUT2D eigenvalue weighted by molar-refractivity contribution is 5.92. The van der Waals surface area contributed by atoms with Crippen LogP contribution in [0.15, 0.2) is 0 Å². The number of rotatable bonds is 4. The van der Waals surface area contributed by atoms with E-state index in [2.05, 4.69) is 34.1 Å². The highest BCUT2D eigenvalue weighted by Gasteiger charge is 2.50. The Balaban J connectivity index is 1.21. The summed E-state index contributed by atoms with van der Waals surface area (Å²) < 4.78 is 0. The first-order chi connectivity index (χ1) is 14.4. The van der Waals surface area contributed by atoms with Crippen LogP contribution < -0.4 is 5.32 Å². The Labute approximate surface area is 181 Å². The fourth-order valence-corrected chi connectivity index (χ4v) is 6.24. The molecule has 5 aliphatic rings. The molecule has 1 aliphatic carbocycles. The molecule has 1 N–H and O–H groups in total. The summed E-state index contributed by atoms with van der Waals surface area (Å²) in [4.78, 5) is 35.8. The second-order valence-corrected chi connectivity index (χ2v) is 10.8. The Morgan fingerprint density at radius 3 is 2.40 bits per heavy atom. The molecule has 7 nitrogen and oxygen atoms in total. The Morgan fingerprint density at radius 2 is 1.73 bits per heavy atom. The molecule has 0 aromatic rings. The molecule has 0 aromatic heterocycles. The van der Waals surface area contributed by atoms with Crippen molar-refractivity contribution in [2.45, 2.75) is 75.0 Å². The fraction of sp³-hybridized carbons (Fsp3) is 0.913.